The third-order valence-electron chi connectivity index (χ3n) is 4.27. The number of hydrogen-bond donors (Lipinski definition) is 1. The normalized spacial score (nSPS) is 15.9. The SMILES string of the molecule is CCN(CC)C(=O)c1cccc(S(=O)(=O)NCCN2CCOCC2)c1. The average molecular weight is 369 g/mol. The quantitative estimate of drug-likeness (QED) is 0.733. The number of benzene rings is 1. The van der Waals surface area contributed by atoms with E-state index < -0.39 is 10.0 Å². The first-order valence-corrected chi connectivity index (χ1v) is 10.2. The molecule has 1 fully saturated rings. The second kappa shape index (κ2) is 9.28. The Kier molecular flexibility index (Phi) is 7.37. The minimum Gasteiger partial charge on any atom is -0.379 e. The van der Waals surface area contributed by atoms with Gasteiger partial charge in [0.25, 0.3) is 5.91 Å². The molecule has 0 unspecified atom stereocenters. The molecule has 1 aromatic carbocycles. The molecular weight excluding hydrogens is 342 g/mol. The number of amides is 1. The van der Waals surface area contributed by atoms with Crippen molar-refractivity contribution >= 4 is 15.9 Å². The van der Waals surface area contributed by atoms with Crippen LogP contribution in [0.25, 0.3) is 0 Å². The van der Waals surface area contributed by atoms with E-state index in [2.05, 4.69) is 9.62 Å². The van der Waals surface area contributed by atoms with Crippen LogP contribution in [0.5, 0.6) is 0 Å². The number of rotatable bonds is 8. The number of nitrogens with zero attached hydrogens (tertiary/aromatic N) is 2. The van der Waals surface area contributed by atoms with Crippen molar-refractivity contribution in [3.05, 3.63) is 29.8 Å². The highest BCUT2D eigenvalue weighted by molar-refractivity contribution is 7.89. The number of hydrogen-bond acceptors (Lipinski definition) is 5. The molecule has 0 spiro atoms. The molecular formula is C17H27N3O4S. The second-order valence-electron chi connectivity index (χ2n) is 5.86. The minimum absolute atomic E-state index is 0.118. The van der Waals surface area contributed by atoms with Crippen LogP contribution in [0.1, 0.15) is 24.2 Å². The summed E-state index contributed by atoms with van der Waals surface area (Å²) in [5.41, 5.74) is 0.389. The van der Waals surface area contributed by atoms with Gasteiger partial charge in [0, 0.05) is 44.8 Å². The average Bonchev–Trinajstić information content (AvgIpc) is 2.63. The molecule has 25 heavy (non-hydrogen) atoms. The first-order valence-electron chi connectivity index (χ1n) is 8.67. The molecule has 0 aromatic heterocycles. The maximum atomic E-state index is 12.5. The summed E-state index contributed by atoms with van der Waals surface area (Å²) in [6.45, 7) is 8.94. The van der Waals surface area contributed by atoms with Gasteiger partial charge >= 0.3 is 0 Å². The van der Waals surface area contributed by atoms with Crippen LogP contribution in [0.4, 0.5) is 0 Å². The minimum atomic E-state index is -3.63. The monoisotopic (exact) mass is 369 g/mol. The van der Waals surface area contributed by atoms with Gasteiger partial charge in [-0.2, -0.15) is 0 Å². The Morgan fingerprint density at radius 2 is 1.92 bits per heavy atom. The third-order valence-corrected chi connectivity index (χ3v) is 5.72. The zero-order chi connectivity index (χ0) is 18.3. The topological polar surface area (TPSA) is 79.0 Å². The Balaban J connectivity index is 2.01. The Bertz CT molecular complexity index is 668. The fraction of sp³-hybridized carbons (Fsp3) is 0.588. The van der Waals surface area contributed by atoms with Crippen molar-refractivity contribution in [2.45, 2.75) is 18.7 Å². The van der Waals surface area contributed by atoms with E-state index in [0.717, 1.165) is 13.1 Å². The van der Waals surface area contributed by atoms with Crippen LogP contribution in [0.2, 0.25) is 0 Å². The molecule has 0 saturated carbocycles. The van der Waals surface area contributed by atoms with Crippen LogP contribution in [-0.4, -0.2) is 76.6 Å². The zero-order valence-electron chi connectivity index (χ0n) is 14.9. The smallest absolute Gasteiger partial charge is 0.253 e. The molecule has 140 valence electrons. The van der Waals surface area contributed by atoms with Gasteiger partial charge < -0.3 is 9.64 Å². The van der Waals surface area contributed by atoms with Crippen LogP contribution in [0.15, 0.2) is 29.2 Å². The van der Waals surface area contributed by atoms with E-state index in [4.69, 9.17) is 4.74 Å². The Hall–Kier alpha value is -1.48. The number of carbonyl (C=O) groups is 1. The van der Waals surface area contributed by atoms with E-state index >= 15 is 0 Å². The van der Waals surface area contributed by atoms with E-state index in [1.807, 2.05) is 13.8 Å². The molecule has 1 aliphatic heterocycles. The van der Waals surface area contributed by atoms with Crippen LogP contribution in [-0.2, 0) is 14.8 Å². The predicted molar refractivity (Wildman–Crippen MR) is 96.1 cm³/mol. The number of ether oxygens (including phenoxy) is 1. The highest BCUT2D eigenvalue weighted by atomic mass is 32.2. The molecule has 1 amide bonds. The Labute approximate surface area is 150 Å². The number of carbonyl (C=O) groups excluding carboxylic acids is 1. The fourth-order valence-corrected chi connectivity index (χ4v) is 3.80. The van der Waals surface area contributed by atoms with E-state index in [0.29, 0.717) is 45.0 Å². The Morgan fingerprint density at radius 3 is 2.56 bits per heavy atom. The van der Waals surface area contributed by atoms with Crippen LogP contribution in [0, 0.1) is 0 Å². The van der Waals surface area contributed by atoms with Crippen LogP contribution >= 0.6 is 0 Å². The van der Waals surface area contributed by atoms with Gasteiger partial charge in [-0.1, -0.05) is 6.07 Å². The molecule has 1 saturated heterocycles. The van der Waals surface area contributed by atoms with Gasteiger partial charge in [0.05, 0.1) is 18.1 Å². The molecule has 2 rings (SSSR count). The highest BCUT2D eigenvalue weighted by Crippen LogP contribution is 2.13. The summed E-state index contributed by atoms with van der Waals surface area (Å²) in [7, 11) is -3.63. The largest absolute Gasteiger partial charge is 0.379 e. The summed E-state index contributed by atoms with van der Waals surface area (Å²) in [6, 6.07) is 6.20. The van der Waals surface area contributed by atoms with Gasteiger partial charge in [-0.3, -0.25) is 9.69 Å². The third kappa shape index (κ3) is 5.50. The first-order chi connectivity index (χ1) is 12.0. The van der Waals surface area contributed by atoms with Gasteiger partial charge in [-0.15, -0.1) is 0 Å². The van der Waals surface area contributed by atoms with Crippen molar-refractivity contribution in [3.63, 3.8) is 0 Å². The lowest BCUT2D eigenvalue weighted by Crippen LogP contribution is -2.41. The second-order valence-corrected chi connectivity index (χ2v) is 7.62. The van der Waals surface area contributed by atoms with Crippen LogP contribution < -0.4 is 4.72 Å². The number of nitrogens with one attached hydrogen (secondary N) is 1. The Morgan fingerprint density at radius 1 is 1.24 bits per heavy atom. The van der Waals surface area contributed by atoms with Gasteiger partial charge in [0.1, 0.15) is 0 Å². The maximum absolute atomic E-state index is 12.5. The van der Waals surface area contributed by atoms with E-state index in [-0.39, 0.29) is 10.8 Å². The fourth-order valence-electron chi connectivity index (χ4n) is 2.74. The van der Waals surface area contributed by atoms with Crippen molar-refractivity contribution in [1.29, 1.82) is 0 Å². The summed E-state index contributed by atoms with van der Waals surface area (Å²) in [5.74, 6) is -0.157. The molecule has 1 aliphatic rings. The lowest BCUT2D eigenvalue weighted by molar-refractivity contribution is 0.0390. The lowest BCUT2D eigenvalue weighted by Gasteiger charge is -2.26. The number of sulfonamides is 1. The van der Waals surface area contributed by atoms with Crippen molar-refractivity contribution in [3.8, 4) is 0 Å². The van der Waals surface area contributed by atoms with Crippen molar-refractivity contribution in [2.24, 2.45) is 0 Å². The maximum Gasteiger partial charge on any atom is 0.253 e. The van der Waals surface area contributed by atoms with Gasteiger partial charge in [-0.05, 0) is 32.0 Å². The molecule has 0 bridgehead atoms. The van der Waals surface area contributed by atoms with Gasteiger partial charge in [0.15, 0.2) is 0 Å². The van der Waals surface area contributed by atoms with Crippen molar-refractivity contribution < 1.29 is 17.9 Å². The molecule has 1 heterocycles. The molecule has 1 N–H and O–H groups in total. The molecule has 0 radical (unpaired) electrons. The molecule has 7 nitrogen and oxygen atoms in total. The van der Waals surface area contributed by atoms with E-state index in [9.17, 15) is 13.2 Å². The summed E-state index contributed by atoms with van der Waals surface area (Å²) >= 11 is 0. The molecule has 8 heteroatoms. The summed E-state index contributed by atoms with van der Waals surface area (Å²) in [4.78, 5) is 16.3. The van der Waals surface area contributed by atoms with Crippen molar-refractivity contribution in [1.82, 2.24) is 14.5 Å². The van der Waals surface area contributed by atoms with Crippen LogP contribution in [0.3, 0.4) is 0 Å². The molecule has 0 aliphatic carbocycles. The summed E-state index contributed by atoms with van der Waals surface area (Å²) in [5, 5.41) is 0. The number of morpholine rings is 1. The van der Waals surface area contributed by atoms with Gasteiger partial charge in [0.2, 0.25) is 10.0 Å². The summed E-state index contributed by atoms with van der Waals surface area (Å²) in [6.07, 6.45) is 0. The first kappa shape index (κ1) is 19.8. The zero-order valence-corrected chi connectivity index (χ0v) is 15.7. The van der Waals surface area contributed by atoms with E-state index in [1.54, 1.807) is 17.0 Å². The van der Waals surface area contributed by atoms with Crippen molar-refractivity contribution in [2.75, 3.05) is 52.5 Å². The van der Waals surface area contributed by atoms with E-state index in [1.165, 1.54) is 12.1 Å². The lowest BCUT2D eigenvalue weighted by atomic mass is 10.2. The molecule has 1 aromatic rings. The standard InChI is InChI=1S/C17H27N3O4S/c1-3-20(4-2)17(21)15-6-5-7-16(14-15)25(22,23)18-8-9-19-10-12-24-13-11-19/h5-7,14,18H,3-4,8-13H2,1-2H3. The summed E-state index contributed by atoms with van der Waals surface area (Å²) < 4.78 is 32.8. The predicted octanol–water partition coefficient (Wildman–Crippen LogP) is 0.779. The molecule has 0 atom stereocenters. The highest BCUT2D eigenvalue weighted by Gasteiger charge is 2.19. The van der Waals surface area contributed by atoms with Gasteiger partial charge in [-0.25, -0.2) is 13.1 Å².